The van der Waals surface area contributed by atoms with E-state index in [-0.39, 0.29) is 18.7 Å². The largest absolute Gasteiger partial charge is 0.493 e. The van der Waals surface area contributed by atoms with Crippen LogP contribution in [0.5, 0.6) is 11.5 Å². The summed E-state index contributed by atoms with van der Waals surface area (Å²) in [6.45, 7) is 0.317. The van der Waals surface area contributed by atoms with Gasteiger partial charge in [-0.25, -0.2) is 0 Å². The number of benzene rings is 2. The summed E-state index contributed by atoms with van der Waals surface area (Å²) in [7, 11) is 1.49. The number of alkyl halides is 3. The first-order valence-corrected chi connectivity index (χ1v) is 8.62. The van der Waals surface area contributed by atoms with Gasteiger partial charge in [0.2, 0.25) is 0 Å². The molecule has 0 heterocycles. The molecule has 2 aromatic rings. The van der Waals surface area contributed by atoms with Crippen LogP contribution >= 0.6 is 0 Å². The highest BCUT2D eigenvalue weighted by Gasteiger charge is 2.30. The molecule has 0 bridgehead atoms. The summed E-state index contributed by atoms with van der Waals surface area (Å²) < 4.78 is 48.3. The fourth-order valence-corrected chi connectivity index (χ4v) is 2.54. The summed E-state index contributed by atoms with van der Waals surface area (Å²) in [5.41, 5.74) is 0.0730. The minimum absolute atomic E-state index is 0.0761. The Hall–Kier alpha value is -3.18. The molecule has 2 rings (SSSR count). The number of carbonyl (C=O) groups excluding carboxylic acids is 1. The summed E-state index contributed by atoms with van der Waals surface area (Å²) >= 11 is 0. The third-order valence-corrected chi connectivity index (χ3v) is 4.05. The SMILES string of the molecule is C#CCOc1ccc(CCNC(=O)C(O)c2ccc(C(F)(F)F)cc2)cc1OC. The van der Waals surface area contributed by atoms with Crippen molar-refractivity contribution < 1.29 is 32.5 Å². The molecule has 1 atom stereocenters. The van der Waals surface area contributed by atoms with E-state index in [1.54, 1.807) is 18.2 Å². The van der Waals surface area contributed by atoms with E-state index in [4.69, 9.17) is 15.9 Å². The highest BCUT2D eigenvalue weighted by Crippen LogP contribution is 2.30. The maximum absolute atomic E-state index is 12.6. The van der Waals surface area contributed by atoms with Crippen molar-refractivity contribution in [1.82, 2.24) is 5.32 Å². The Bertz CT molecular complexity index is 873. The zero-order valence-corrected chi connectivity index (χ0v) is 15.6. The molecule has 29 heavy (non-hydrogen) atoms. The standard InChI is InChI=1S/C21H20F3NO4/c1-3-12-29-17-9-4-14(13-18(17)28-2)10-11-25-20(27)19(26)15-5-7-16(8-6-15)21(22,23)24/h1,4-9,13,19,26H,10-12H2,2H3,(H,25,27). The topological polar surface area (TPSA) is 67.8 Å². The molecule has 0 spiro atoms. The highest BCUT2D eigenvalue weighted by atomic mass is 19.4. The van der Waals surface area contributed by atoms with Crippen LogP contribution in [0.1, 0.15) is 22.8 Å². The lowest BCUT2D eigenvalue weighted by Crippen LogP contribution is -2.31. The average molecular weight is 407 g/mol. The molecule has 154 valence electrons. The van der Waals surface area contributed by atoms with Crippen LogP contribution in [0.15, 0.2) is 42.5 Å². The van der Waals surface area contributed by atoms with Crippen LogP contribution in [0, 0.1) is 12.3 Å². The van der Waals surface area contributed by atoms with Crippen molar-refractivity contribution in [2.24, 2.45) is 0 Å². The number of nitrogens with one attached hydrogen (secondary N) is 1. The van der Waals surface area contributed by atoms with Gasteiger partial charge in [0.15, 0.2) is 17.6 Å². The van der Waals surface area contributed by atoms with Crippen molar-refractivity contribution in [2.75, 3.05) is 20.3 Å². The average Bonchev–Trinajstić information content (AvgIpc) is 2.71. The van der Waals surface area contributed by atoms with Crippen LogP contribution in [0.4, 0.5) is 13.2 Å². The van der Waals surface area contributed by atoms with Gasteiger partial charge in [-0.15, -0.1) is 6.42 Å². The number of ether oxygens (including phenoxy) is 2. The second-order valence-corrected chi connectivity index (χ2v) is 6.04. The normalized spacial score (nSPS) is 12.0. The lowest BCUT2D eigenvalue weighted by molar-refractivity contribution is -0.137. The van der Waals surface area contributed by atoms with Crippen molar-refractivity contribution in [3.8, 4) is 23.8 Å². The molecule has 5 nitrogen and oxygen atoms in total. The quantitative estimate of drug-likeness (QED) is 0.660. The van der Waals surface area contributed by atoms with Gasteiger partial charge in [-0.1, -0.05) is 24.1 Å². The number of methoxy groups -OCH3 is 1. The zero-order chi connectivity index (χ0) is 21.4. The number of halogens is 3. The number of amides is 1. The van der Waals surface area contributed by atoms with Crippen molar-refractivity contribution in [3.05, 3.63) is 59.2 Å². The van der Waals surface area contributed by atoms with Gasteiger partial charge in [0, 0.05) is 6.54 Å². The molecule has 0 aliphatic rings. The fourth-order valence-electron chi connectivity index (χ4n) is 2.54. The molecule has 0 radical (unpaired) electrons. The molecular formula is C21H20F3NO4. The molecule has 0 fully saturated rings. The van der Waals surface area contributed by atoms with Crippen LogP contribution in [-0.4, -0.2) is 31.3 Å². The third kappa shape index (κ3) is 6.16. The first-order valence-electron chi connectivity index (χ1n) is 8.62. The van der Waals surface area contributed by atoms with Crippen LogP contribution in [0.2, 0.25) is 0 Å². The van der Waals surface area contributed by atoms with Gasteiger partial charge in [0.1, 0.15) is 6.61 Å². The van der Waals surface area contributed by atoms with E-state index in [1.165, 1.54) is 7.11 Å². The Labute approximate surface area is 166 Å². The summed E-state index contributed by atoms with van der Waals surface area (Å²) in [5, 5.41) is 12.6. The van der Waals surface area contributed by atoms with Crippen LogP contribution < -0.4 is 14.8 Å². The van der Waals surface area contributed by atoms with Gasteiger partial charge in [-0.05, 0) is 41.8 Å². The van der Waals surface area contributed by atoms with Crippen molar-refractivity contribution in [3.63, 3.8) is 0 Å². The minimum atomic E-state index is -4.48. The first kappa shape index (κ1) is 22.1. The second kappa shape index (κ2) is 9.85. The lowest BCUT2D eigenvalue weighted by Gasteiger charge is -2.14. The minimum Gasteiger partial charge on any atom is -0.493 e. The van der Waals surface area contributed by atoms with Gasteiger partial charge in [-0.3, -0.25) is 4.79 Å². The zero-order valence-electron chi connectivity index (χ0n) is 15.6. The number of aliphatic hydroxyl groups excluding tert-OH is 1. The number of hydrogen-bond acceptors (Lipinski definition) is 4. The first-order chi connectivity index (χ1) is 13.8. The van der Waals surface area contributed by atoms with Crippen LogP contribution in [0.3, 0.4) is 0 Å². The van der Waals surface area contributed by atoms with E-state index in [0.717, 1.165) is 29.8 Å². The second-order valence-electron chi connectivity index (χ2n) is 6.04. The maximum Gasteiger partial charge on any atom is 0.416 e. The van der Waals surface area contributed by atoms with Gasteiger partial charge in [0.05, 0.1) is 12.7 Å². The molecule has 0 saturated carbocycles. The maximum atomic E-state index is 12.6. The molecule has 0 saturated heterocycles. The summed E-state index contributed by atoms with van der Waals surface area (Å²) in [6.07, 6.45) is -0.442. The van der Waals surface area contributed by atoms with Crippen molar-refractivity contribution in [2.45, 2.75) is 18.7 Å². The molecule has 1 unspecified atom stereocenters. The summed E-state index contributed by atoms with van der Waals surface area (Å²) in [6, 6.07) is 9.02. The molecule has 1 amide bonds. The number of carbonyl (C=O) groups is 1. The van der Waals surface area contributed by atoms with E-state index in [2.05, 4.69) is 11.2 Å². The molecular weight excluding hydrogens is 387 g/mol. The van der Waals surface area contributed by atoms with E-state index in [0.29, 0.717) is 17.9 Å². The molecule has 0 aliphatic carbocycles. The predicted molar refractivity (Wildman–Crippen MR) is 100 cm³/mol. The monoisotopic (exact) mass is 407 g/mol. The smallest absolute Gasteiger partial charge is 0.416 e. The predicted octanol–water partition coefficient (Wildman–Crippen LogP) is 3.12. The Balaban J connectivity index is 1.91. The number of hydrogen-bond donors (Lipinski definition) is 2. The van der Waals surface area contributed by atoms with Gasteiger partial charge < -0.3 is 19.9 Å². The van der Waals surface area contributed by atoms with Gasteiger partial charge in [-0.2, -0.15) is 13.2 Å². The third-order valence-electron chi connectivity index (χ3n) is 4.05. The number of aliphatic hydroxyl groups is 1. The highest BCUT2D eigenvalue weighted by molar-refractivity contribution is 5.81. The van der Waals surface area contributed by atoms with Gasteiger partial charge in [0.25, 0.3) is 5.91 Å². The Morgan fingerprint density at radius 1 is 1.21 bits per heavy atom. The van der Waals surface area contributed by atoms with E-state index >= 15 is 0 Å². The van der Waals surface area contributed by atoms with E-state index < -0.39 is 23.8 Å². The van der Waals surface area contributed by atoms with Crippen molar-refractivity contribution >= 4 is 5.91 Å². The Kier molecular flexibility index (Phi) is 7.51. The van der Waals surface area contributed by atoms with E-state index in [1.807, 2.05) is 0 Å². The molecule has 8 heteroatoms. The molecule has 0 aromatic heterocycles. The molecule has 0 aliphatic heterocycles. The van der Waals surface area contributed by atoms with Gasteiger partial charge >= 0.3 is 6.18 Å². The number of rotatable bonds is 8. The Morgan fingerprint density at radius 3 is 2.48 bits per heavy atom. The van der Waals surface area contributed by atoms with Crippen LogP contribution in [0.25, 0.3) is 0 Å². The van der Waals surface area contributed by atoms with Crippen LogP contribution in [-0.2, 0) is 17.4 Å². The van der Waals surface area contributed by atoms with Crippen molar-refractivity contribution in [1.29, 1.82) is 0 Å². The fraction of sp³-hybridized carbons (Fsp3) is 0.286. The molecule has 2 N–H and O–H groups in total. The Morgan fingerprint density at radius 2 is 1.90 bits per heavy atom. The summed E-state index contributed by atoms with van der Waals surface area (Å²) in [5.74, 6) is 2.65. The van der Waals surface area contributed by atoms with E-state index in [9.17, 15) is 23.1 Å². The molecule has 2 aromatic carbocycles. The number of terminal acetylenes is 1. The summed E-state index contributed by atoms with van der Waals surface area (Å²) in [4.78, 5) is 12.1. The lowest BCUT2D eigenvalue weighted by atomic mass is 10.1.